The molecule has 0 bridgehead atoms. The van der Waals surface area contributed by atoms with E-state index in [4.69, 9.17) is 0 Å². The lowest BCUT2D eigenvalue weighted by molar-refractivity contribution is -0.127. The van der Waals surface area contributed by atoms with Crippen LogP contribution in [0, 0.1) is 5.92 Å². The molecule has 5 nitrogen and oxygen atoms in total. The molecule has 1 unspecified atom stereocenters. The number of hydrogen-bond acceptors (Lipinski definition) is 3. The molecule has 134 valence electrons. The summed E-state index contributed by atoms with van der Waals surface area (Å²) in [5.41, 5.74) is 3.73. The summed E-state index contributed by atoms with van der Waals surface area (Å²) < 4.78 is 0. The topological polar surface area (TPSA) is 52.7 Å². The van der Waals surface area contributed by atoms with Crippen molar-refractivity contribution in [1.29, 1.82) is 0 Å². The number of nitrogens with one attached hydrogen (secondary N) is 1. The molecule has 0 spiro atoms. The second-order valence-electron chi connectivity index (χ2n) is 7.80. The van der Waals surface area contributed by atoms with Gasteiger partial charge >= 0.3 is 0 Å². The number of fused-ring (bicyclic) bond motifs is 1. The van der Waals surface area contributed by atoms with E-state index in [0.29, 0.717) is 13.0 Å². The molecule has 1 aromatic rings. The maximum absolute atomic E-state index is 12.6. The molecule has 1 N–H and O–H groups in total. The third-order valence-corrected chi connectivity index (χ3v) is 5.95. The molecular formula is C20H27N3O2. The van der Waals surface area contributed by atoms with Crippen molar-refractivity contribution in [1.82, 2.24) is 10.2 Å². The zero-order valence-corrected chi connectivity index (χ0v) is 15.0. The summed E-state index contributed by atoms with van der Waals surface area (Å²) in [5, 5.41) is 3.17. The molecular weight excluding hydrogens is 314 g/mol. The minimum absolute atomic E-state index is 0.0477. The zero-order valence-electron chi connectivity index (χ0n) is 15.0. The Morgan fingerprint density at radius 3 is 2.72 bits per heavy atom. The normalized spacial score (nSPS) is 24.6. The average Bonchev–Trinajstić information content (AvgIpc) is 3.22. The van der Waals surface area contributed by atoms with Crippen LogP contribution in [0.25, 0.3) is 0 Å². The van der Waals surface area contributed by atoms with Crippen LogP contribution in [-0.4, -0.2) is 49.4 Å². The van der Waals surface area contributed by atoms with Gasteiger partial charge in [-0.05, 0) is 75.5 Å². The van der Waals surface area contributed by atoms with Crippen molar-refractivity contribution in [3.05, 3.63) is 29.3 Å². The van der Waals surface area contributed by atoms with Gasteiger partial charge in [0, 0.05) is 24.7 Å². The molecule has 2 fully saturated rings. The Morgan fingerprint density at radius 2 is 1.92 bits per heavy atom. The first-order chi connectivity index (χ1) is 12.1. The molecule has 3 aliphatic rings. The highest BCUT2D eigenvalue weighted by atomic mass is 16.2. The Hall–Kier alpha value is -1.88. The lowest BCUT2D eigenvalue weighted by atomic mass is 10.0. The molecule has 25 heavy (non-hydrogen) atoms. The number of piperidine rings is 1. The zero-order chi connectivity index (χ0) is 17.4. The van der Waals surface area contributed by atoms with Gasteiger partial charge in [0.15, 0.2) is 0 Å². The Labute approximate surface area is 149 Å². The fourth-order valence-electron chi connectivity index (χ4n) is 4.33. The van der Waals surface area contributed by atoms with Gasteiger partial charge in [0.1, 0.15) is 0 Å². The van der Waals surface area contributed by atoms with Crippen LogP contribution in [0.4, 0.5) is 5.69 Å². The van der Waals surface area contributed by atoms with Gasteiger partial charge in [0.25, 0.3) is 0 Å². The van der Waals surface area contributed by atoms with Crippen LogP contribution in [0.3, 0.4) is 0 Å². The monoisotopic (exact) mass is 341 g/mol. The summed E-state index contributed by atoms with van der Waals surface area (Å²) in [6, 6.07) is 6.60. The van der Waals surface area contributed by atoms with Crippen molar-refractivity contribution in [3.63, 3.8) is 0 Å². The quantitative estimate of drug-likeness (QED) is 0.911. The molecule has 2 heterocycles. The predicted octanol–water partition coefficient (Wildman–Crippen LogP) is 1.74. The van der Waals surface area contributed by atoms with Crippen LogP contribution in [0.2, 0.25) is 0 Å². The largest absolute Gasteiger partial charge is 0.353 e. The van der Waals surface area contributed by atoms with E-state index in [1.54, 1.807) is 4.90 Å². The van der Waals surface area contributed by atoms with Crippen LogP contribution < -0.4 is 10.2 Å². The van der Waals surface area contributed by atoms with E-state index in [0.717, 1.165) is 44.5 Å². The molecule has 2 amide bonds. The Kier molecular flexibility index (Phi) is 4.50. The van der Waals surface area contributed by atoms with E-state index >= 15 is 0 Å². The second kappa shape index (κ2) is 6.79. The smallest absolute Gasteiger partial charge is 0.227 e. The number of carbonyl (C=O) groups is 2. The number of aryl methyl sites for hydroxylation is 2. The van der Waals surface area contributed by atoms with Gasteiger partial charge in [-0.15, -0.1) is 0 Å². The van der Waals surface area contributed by atoms with E-state index in [-0.39, 0.29) is 23.8 Å². The summed E-state index contributed by atoms with van der Waals surface area (Å²) in [7, 11) is 2.11. The number of carbonyl (C=O) groups excluding carboxylic acids is 2. The minimum atomic E-state index is -0.222. The van der Waals surface area contributed by atoms with Crippen LogP contribution in [-0.2, 0) is 22.4 Å². The molecule has 0 aromatic heterocycles. The molecule has 1 aliphatic carbocycles. The first kappa shape index (κ1) is 16.6. The summed E-state index contributed by atoms with van der Waals surface area (Å²) in [6.07, 6.45) is 5.77. The van der Waals surface area contributed by atoms with Gasteiger partial charge in [0.05, 0.1) is 5.92 Å². The Bertz CT molecular complexity index is 680. The predicted molar refractivity (Wildman–Crippen MR) is 97.6 cm³/mol. The van der Waals surface area contributed by atoms with Gasteiger partial charge < -0.3 is 15.1 Å². The third-order valence-electron chi connectivity index (χ3n) is 5.95. The van der Waals surface area contributed by atoms with Crippen molar-refractivity contribution in [3.8, 4) is 0 Å². The maximum atomic E-state index is 12.6. The number of rotatable bonds is 3. The van der Waals surface area contributed by atoms with Crippen LogP contribution in [0.5, 0.6) is 0 Å². The summed E-state index contributed by atoms with van der Waals surface area (Å²) in [6.45, 7) is 2.56. The number of hydrogen-bond donors (Lipinski definition) is 1. The van der Waals surface area contributed by atoms with Gasteiger partial charge in [0.2, 0.25) is 11.8 Å². The Balaban J connectivity index is 1.39. The third kappa shape index (κ3) is 3.43. The molecule has 1 aromatic carbocycles. The SMILES string of the molecule is CN1CCC(NC(=O)C2CC(=O)N(c3ccc4c(c3)CCC4)C2)CC1. The summed E-state index contributed by atoms with van der Waals surface area (Å²) >= 11 is 0. The fraction of sp³-hybridized carbons (Fsp3) is 0.600. The molecule has 2 aliphatic heterocycles. The van der Waals surface area contributed by atoms with E-state index in [9.17, 15) is 9.59 Å². The molecule has 0 radical (unpaired) electrons. The van der Waals surface area contributed by atoms with Gasteiger partial charge in [-0.1, -0.05) is 6.07 Å². The standard InChI is InChI=1S/C20H27N3O2/c1-22-9-7-17(8-10-22)21-20(25)16-12-19(24)23(13-16)18-6-5-14-3-2-4-15(14)11-18/h5-6,11,16-17H,2-4,7-10,12-13H2,1H3,(H,21,25). The Morgan fingerprint density at radius 1 is 1.16 bits per heavy atom. The maximum Gasteiger partial charge on any atom is 0.227 e. The first-order valence-electron chi connectivity index (χ1n) is 9.51. The van der Waals surface area contributed by atoms with E-state index in [1.807, 2.05) is 6.07 Å². The lowest BCUT2D eigenvalue weighted by Gasteiger charge is -2.30. The lowest BCUT2D eigenvalue weighted by Crippen LogP contribution is -2.45. The molecule has 5 heteroatoms. The van der Waals surface area contributed by atoms with Crippen molar-refractivity contribution in [2.45, 2.75) is 44.6 Å². The molecule has 0 saturated carbocycles. The highest BCUT2D eigenvalue weighted by Gasteiger charge is 2.36. The number of benzene rings is 1. The van der Waals surface area contributed by atoms with Crippen molar-refractivity contribution in [2.24, 2.45) is 5.92 Å². The van der Waals surface area contributed by atoms with Crippen LogP contribution in [0.15, 0.2) is 18.2 Å². The van der Waals surface area contributed by atoms with Crippen LogP contribution >= 0.6 is 0 Å². The van der Waals surface area contributed by atoms with Gasteiger partial charge in [-0.3, -0.25) is 9.59 Å². The number of amides is 2. The summed E-state index contributed by atoms with van der Waals surface area (Å²) in [5.74, 6) is -0.103. The van der Waals surface area contributed by atoms with E-state index < -0.39 is 0 Å². The van der Waals surface area contributed by atoms with Crippen molar-refractivity contribution >= 4 is 17.5 Å². The highest BCUT2D eigenvalue weighted by Crippen LogP contribution is 2.30. The van der Waals surface area contributed by atoms with Gasteiger partial charge in [-0.2, -0.15) is 0 Å². The van der Waals surface area contributed by atoms with Crippen LogP contribution in [0.1, 0.15) is 36.8 Å². The van der Waals surface area contributed by atoms with Gasteiger partial charge in [-0.25, -0.2) is 0 Å². The summed E-state index contributed by atoms with van der Waals surface area (Å²) in [4.78, 5) is 29.2. The molecule has 2 saturated heterocycles. The van der Waals surface area contributed by atoms with E-state index in [2.05, 4.69) is 29.4 Å². The number of anilines is 1. The van der Waals surface area contributed by atoms with E-state index in [1.165, 1.54) is 17.5 Å². The van der Waals surface area contributed by atoms with Crippen molar-refractivity contribution in [2.75, 3.05) is 31.6 Å². The second-order valence-corrected chi connectivity index (χ2v) is 7.80. The highest BCUT2D eigenvalue weighted by molar-refractivity contribution is 6.00. The minimum Gasteiger partial charge on any atom is -0.353 e. The molecule has 4 rings (SSSR count). The molecule has 1 atom stereocenters. The van der Waals surface area contributed by atoms with Crippen molar-refractivity contribution < 1.29 is 9.59 Å². The fourth-order valence-corrected chi connectivity index (χ4v) is 4.33. The first-order valence-corrected chi connectivity index (χ1v) is 9.51. The average molecular weight is 341 g/mol. The number of likely N-dealkylation sites (tertiary alicyclic amines) is 1. The number of nitrogens with zero attached hydrogens (tertiary/aromatic N) is 2.